The summed E-state index contributed by atoms with van der Waals surface area (Å²) in [4.78, 5) is 23.1. The maximum absolute atomic E-state index is 11.6. The third kappa shape index (κ3) is 4.92. The minimum Gasteiger partial charge on any atom is -0.469 e. The van der Waals surface area contributed by atoms with Crippen molar-refractivity contribution >= 4 is 23.3 Å². The van der Waals surface area contributed by atoms with Crippen molar-refractivity contribution in [2.45, 2.75) is 39.7 Å². The molecule has 1 saturated heterocycles. The van der Waals surface area contributed by atoms with Gasteiger partial charge in [-0.05, 0) is 26.2 Å². The van der Waals surface area contributed by atoms with E-state index in [-0.39, 0.29) is 11.9 Å². The quantitative estimate of drug-likeness (QED) is 0.506. The van der Waals surface area contributed by atoms with Crippen LogP contribution in [-0.2, 0) is 22.5 Å². The fourth-order valence-electron chi connectivity index (χ4n) is 2.66. The topological polar surface area (TPSA) is 66.8 Å². The van der Waals surface area contributed by atoms with Gasteiger partial charge in [-0.15, -0.1) is 11.3 Å². The first-order valence-corrected chi connectivity index (χ1v) is 9.10. The van der Waals surface area contributed by atoms with Gasteiger partial charge in [-0.2, -0.15) is 0 Å². The number of nitrogens with one attached hydrogen (secondary N) is 1. The largest absolute Gasteiger partial charge is 0.469 e. The van der Waals surface area contributed by atoms with Gasteiger partial charge in [0.2, 0.25) is 0 Å². The Morgan fingerprint density at radius 2 is 2.22 bits per heavy atom. The number of hydrogen-bond donors (Lipinski definition) is 1. The second-order valence-electron chi connectivity index (χ2n) is 5.54. The van der Waals surface area contributed by atoms with Crippen molar-refractivity contribution in [2.24, 2.45) is 10.9 Å². The highest BCUT2D eigenvalue weighted by Crippen LogP contribution is 2.19. The molecule has 0 unspecified atom stereocenters. The van der Waals surface area contributed by atoms with Crippen LogP contribution < -0.4 is 5.32 Å². The standard InChI is InChI=1S/C16H26N4O2S/c1-4-14-19-13(11-23-14)10-18-16(17-5-2)20-8-6-12(7-9-20)15(21)22-3/h11-12H,4-10H2,1-3H3,(H,17,18). The normalized spacial score (nSPS) is 16.5. The van der Waals surface area contributed by atoms with Crippen molar-refractivity contribution in [3.05, 3.63) is 16.1 Å². The van der Waals surface area contributed by atoms with Gasteiger partial charge in [0, 0.05) is 25.0 Å². The van der Waals surface area contributed by atoms with Crippen molar-refractivity contribution in [3.63, 3.8) is 0 Å². The molecule has 0 saturated carbocycles. The van der Waals surface area contributed by atoms with E-state index in [0.29, 0.717) is 6.54 Å². The van der Waals surface area contributed by atoms with Crippen LogP contribution in [-0.4, -0.2) is 48.6 Å². The lowest BCUT2D eigenvalue weighted by Gasteiger charge is -2.33. The van der Waals surface area contributed by atoms with Crippen molar-refractivity contribution in [2.75, 3.05) is 26.7 Å². The molecule has 23 heavy (non-hydrogen) atoms. The van der Waals surface area contributed by atoms with Gasteiger partial charge >= 0.3 is 5.97 Å². The predicted molar refractivity (Wildman–Crippen MR) is 92.6 cm³/mol. The maximum Gasteiger partial charge on any atom is 0.308 e. The molecule has 0 amide bonds. The molecule has 0 spiro atoms. The van der Waals surface area contributed by atoms with E-state index in [9.17, 15) is 4.79 Å². The van der Waals surface area contributed by atoms with E-state index in [2.05, 4.69) is 34.4 Å². The second kappa shape index (κ2) is 8.86. The molecule has 1 fully saturated rings. The number of carbonyl (C=O) groups is 1. The Morgan fingerprint density at radius 3 is 2.78 bits per heavy atom. The number of nitrogens with zero attached hydrogens (tertiary/aromatic N) is 3. The summed E-state index contributed by atoms with van der Waals surface area (Å²) in [6.07, 6.45) is 2.59. The minimum atomic E-state index is -0.0962. The summed E-state index contributed by atoms with van der Waals surface area (Å²) in [5.41, 5.74) is 1.02. The molecule has 0 aliphatic carbocycles. The van der Waals surface area contributed by atoms with E-state index in [1.54, 1.807) is 11.3 Å². The lowest BCUT2D eigenvalue weighted by atomic mass is 9.97. The number of aryl methyl sites for hydroxylation is 1. The number of piperidine rings is 1. The van der Waals surface area contributed by atoms with Crippen molar-refractivity contribution < 1.29 is 9.53 Å². The summed E-state index contributed by atoms with van der Waals surface area (Å²) < 4.78 is 4.84. The number of aromatic nitrogens is 1. The Kier molecular flexibility index (Phi) is 6.83. The number of thiazole rings is 1. The summed E-state index contributed by atoms with van der Waals surface area (Å²) in [6, 6.07) is 0. The van der Waals surface area contributed by atoms with Gasteiger partial charge in [0.15, 0.2) is 5.96 Å². The maximum atomic E-state index is 11.6. The van der Waals surface area contributed by atoms with Gasteiger partial charge in [-0.1, -0.05) is 6.92 Å². The van der Waals surface area contributed by atoms with E-state index >= 15 is 0 Å². The average molecular weight is 338 g/mol. The molecule has 1 aromatic rings. The van der Waals surface area contributed by atoms with Gasteiger partial charge in [0.05, 0.1) is 30.3 Å². The van der Waals surface area contributed by atoms with Crippen molar-refractivity contribution in [1.82, 2.24) is 15.2 Å². The zero-order chi connectivity index (χ0) is 16.7. The molecule has 0 aromatic carbocycles. The molecule has 1 aliphatic heterocycles. The van der Waals surface area contributed by atoms with Crippen LogP contribution in [0.4, 0.5) is 0 Å². The third-order valence-electron chi connectivity index (χ3n) is 3.96. The van der Waals surface area contributed by atoms with Gasteiger partial charge in [0.25, 0.3) is 0 Å². The molecule has 1 N–H and O–H groups in total. The highest BCUT2D eigenvalue weighted by atomic mass is 32.1. The van der Waals surface area contributed by atoms with Crippen LogP contribution in [0.5, 0.6) is 0 Å². The lowest BCUT2D eigenvalue weighted by Crippen LogP contribution is -2.46. The fourth-order valence-corrected chi connectivity index (χ4v) is 3.40. The second-order valence-corrected chi connectivity index (χ2v) is 6.48. The number of ether oxygens (including phenoxy) is 1. The van der Waals surface area contributed by atoms with Crippen LogP contribution in [0.25, 0.3) is 0 Å². The molecular formula is C16H26N4O2S. The Morgan fingerprint density at radius 1 is 1.48 bits per heavy atom. The fraction of sp³-hybridized carbons (Fsp3) is 0.688. The molecule has 2 heterocycles. The summed E-state index contributed by atoms with van der Waals surface area (Å²) in [6.45, 7) is 7.24. The predicted octanol–water partition coefficient (Wildman–Crippen LogP) is 2.06. The summed E-state index contributed by atoms with van der Waals surface area (Å²) >= 11 is 1.69. The first-order chi connectivity index (χ1) is 11.2. The first-order valence-electron chi connectivity index (χ1n) is 8.22. The van der Waals surface area contributed by atoms with Crippen LogP contribution in [0, 0.1) is 5.92 Å². The van der Waals surface area contributed by atoms with E-state index in [4.69, 9.17) is 9.73 Å². The summed E-state index contributed by atoms with van der Waals surface area (Å²) in [5, 5.41) is 6.57. The van der Waals surface area contributed by atoms with Crippen LogP contribution in [0.2, 0.25) is 0 Å². The van der Waals surface area contributed by atoms with Crippen LogP contribution >= 0.6 is 11.3 Å². The number of esters is 1. The molecular weight excluding hydrogens is 312 g/mol. The van der Waals surface area contributed by atoms with Gasteiger partial charge in [-0.3, -0.25) is 4.79 Å². The third-order valence-corrected chi connectivity index (χ3v) is 5.00. The lowest BCUT2D eigenvalue weighted by molar-refractivity contribution is -0.146. The van der Waals surface area contributed by atoms with E-state index in [1.807, 2.05) is 0 Å². The van der Waals surface area contributed by atoms with E-state index in [0.717, 1.165) is 55.6 Å². The summed E-state index contributed by atoms with van der Waals surface area (Å²) in [7, 11) is 1.46. The van der Waals surface area contributed by atoms with Crippen LogP contribution in [0.1, 0.15) is 37.4 Å². The number of hydrogen-bond acceptors (Lipinski definition) is 5. The Bertz CT molecular complexity index is 536. The molecule has 7 heteroatoms. The highest BCUT2D eigenvalue weighted by Gasteiger charge is 2.26. The number of methoxy groups -OCH3 is 1. The van der Waals surface area contributed by atoms with E-state index < -0.39 is 0 Å². The van der Waals surface area contributed by atoms with Crippen LogP contribution in [0.15, 0.2) is 10.4 Å². The average Bonchev–Trinajstić information content (AvgIpc) is 3.06. The number of rotatable bonds is 5. The zero-order valence-corrected chi connectivity index (χ0v) is 15.0. The smallest absolute Gasteiger partial charge is 0.308 e. The van der Waals surface area contributed by atoms with Crippen molar-refractivity contribution in [1.29, 1.82) is 0 Å². The molecule has 1 aromatic heterocycles. The molecule has 0 atom stereocenters. The summed E-state index contributed by atoms with van der Waals surface area (Å²) in [5.74, 6) is 0.827. The van der Waals surface area contributed by atoms with Gasteiger partial charge < -0.3 is 15.0 Å². The SMILES string of the molecule is CCNC(=NCc1csc(CC)n1)N1CCC(C(=O)OC)CC1. The van der Waals surface area contributed by atoms with E-state index in [1.165, 1.54) is 7.11 Å². The first kappa shape index (κ1) is 17.7. The number of guanidine groups is 1. The molecule has 0 radical (unpaired) electrons. The Labute approximate surface area is 142 Å². The minimum absolute atomic E-state index is 0.0183. The molecule has 2 rings (SSSR count). The molecule has 6 nitrogen and oxygen atoms in total. The monoisotopic (exact) mass is 338 g/mol. The van der Waals surface area contributed by atoms with Crippen LogP contribution in [0.3, 0.4) is 0 Å². The Hall–Kier alpha value is -1.63. The number of aliphatic imine (C=N–C) groups is 1. The zero-order valence-electron chi connectivity index (χ0n) is 14.2. The molecule has 1 aliphatic rings. The highest BCUT2D eigenvalue weighted by molar-refractivity contribution is 7.09. The molecule has 128 valence electrons. The molecule has 0 bridgehead atoms. The number of carbonyl (C=O) groups excluding carboxylic acids is 1. The Balaban J connectivity index is 1.95. The van der Waals surface area contributed by atoms with Gasteiger partial charge in [-0.25, -0.2) is 9.98 Å². The van der Waals surface area contributed by atoms with Gasteiger partial charge in [0.1, 0.15) is 0 Å². The number of likely N-dealkylation sites (tertiary alicyclic amines) is 1. The van der Waals surface area contributed by atoms with Crippen molar-refractivity contribution in [3.8, 4) is 0 Å².